The lowest BCUT2D eigenvalue weighted by atomic mass is 9.85. The van der Waals surface area contributed by atoms with Gasteiger partial charge in [-0.25, -0.2) is 0 Å². The normalized spacial score (nSPS) is 16.2. The first kappa shape index (κ1) is 14.0. The highest BCUT2D eigenvalue weighted by atomic mass is 35.5. The highest BCUT2D eigenvalue weighted by molar-refractivity contribution is 6.30. The van der Waals surface area contributed by atoms with Gasteiger partial charge in [0.15, 0.2) is 0 Å². The molecule has 0 amide bonds. The average molecular weight is 257 g/mol. The molecule has 1 aromatic carbocycles. The molecular formula is C13H17ClO3. The molecule has 3 atom stereocenters. The van der Waals surface area contributed by atoms with Crippen molar-refractivity contribution in [3.8, 4) is 0 Å². The molecular weight excluding hydrogens is 240 g/mol. The van der Waals surface area contributed by atoms with Gasteiger partial charge < -0.3 is 10.2 Å². The van der Waals surface area contributed by atoms with Crippen LogP contribution < -0.4 is 0 Å². The molecule has 0 fully saturated rings. The summed E-state index contributed by atoms with van der Waals surface area (Å²) in [5.74, 6) is -1.79. The quantitative estimate of drug-likeness (QED) is 0.851. The van der Waals surface area contributed by atoms with Crippen molar-refractivity contribution < 1.29 is 15.0 Å². The van der Waals surface area contributed by atoms with E-state index >= 15 is 0 Å². The Morgan fingerprint density at radius 2 is 2.06 bits per heavy atom. The van der Waals surface area contributed by atoms with E-state index in [2.05, 4.69) is 0 Å². The maximum atomic E-state index is 11.2. The lowest BCUT2D eigenvalue weighted by Crippen LogP contribution is -2.30. The maximum Gasteiger partial charge on any atom is 0.307 e. The van der Waals surface area contributed by atoms with E-state index in [1.807, 2.05) is 6.07 Å². The summed E-state index contributed by atoms with van der Waals surface area (Å²) in [6.45, 7) is 3.35. The van der Waals surface area contributed by atoms with Gasteiger partial charge >= 0.3 is 5.97 Å². The van der Waals surface area contributed by atoms with E-state index in [9.17, 15) is 15.0 Å². The number of hydrogen-bond donors (Lipinski definition) is 2. The van der Waals surface area contributed by atoms with Crippen LogP contribution in [-0.2, 0) is 11.2 Å². The van der Waals surface area contributed by atoms with E-state index in [0.717, 1.165) is 5.56 Å². The van der Waals surface area contributed by atoms with Crippen LogP contribution in [0.3, 0.4) is 0 Å². The number of aliphatic carboxylic acids is 1. The largest absolute Gasteiger partial charge is 0.481 e. The first-order chi connectivity index (χ1) is 7.91. The minimum Gasteiger partial charge on any atom is -0.481 e. The van der Waals surface area contributed by atoms with E-state index in [1.165, 1.54) is 0 Å². The molecule has 1 rings (SSSR count). The van der Waals surface area contributed by atoms with Gasteiger partial charge in [-0.2, -0.15) is 0 Å². The molecule has 0 spiro atoms. The lowest BCUT2D eigenvalue weighted by Gasteiger charge is -2.22. The predicted octanol–water partition coefficient (Wildman–Crippen LogP) is 2.60. The topological polar surface area (TPSA) is 57.5 Å². The van der Waals surface area contributed by atoms with Crippen molar-refractivity contribution in [3.63, 3.8) is 0 Å². The third kappa shape index (κ3) is 4.02. The first-order valence-electron chi connectivity index (χ1n) is 5.57. The number of carboxylic acid groups (broad SMARTS) is 1. The number of halogens is 1. The van der Waals surface area contributed by atoms with Crippen molar-refractivity contribution in [1.29, 1.82) is 0 Å². The van der Waals surface area contributed by atoms with E-state index < -0.39 is 18.0 Å². The molecule has 3 nitrogen and oxygen atoms in total. The summed E-state index contributed by atoms with van der Waals surface area (Å²) < 4.78 is 0. The molecule has 0 bridgehead atoms. The van der Waals surface area contributed by atoms with Gasteiger partial charge in [-0.05, 0) is 37.0 Å². The van der Waals surface area contributed by atoms with Gasteiger partial charge in [-0.1, -0.05) is 30.7 Å². The summed E-state index contributed by atoms with van der Waals surface area (Å²) in [7, 11) is 0. The van der Waals surface area contributed by atoms with Gasteiger partial charge in [-0.15, -0.1) is 0 Å². The summed E-state index contributed by atoms with van der Waals surface area (Å²) in [4.78, 5) is 11.2. The molecule has 0 saturated carbocycles. The van der Waals surface area contributed by atoms with Crippen LogP contribution in [0.5, 0.6) is 0 Å². The zero-order valence-electron chi connectivity index (χ0n) is 9.93. The molecule has 1 aromatic rings. The fourth-order valence-electron chi connectivity index (χ4n) is 1.75. The third-order valence-electron chi connectivity index (χ3n) is 3.06. The summed E-state index contributed by atoms with van der Waals surface area (Å²) in [5, 5.41) is 19.3. The maximum absolute atomic E-state index is 11.2. The molecule has 0 aliphatic heterocycles. The minimum absolute atomic E-state index is 0.300. The number of carboxylic acids is 1. The highest BCUT2D eigenvalue weighted by Gasteiger charge is 2.28. The monoisotopic (exact) mass is 256 g/mol. The molecule has 0 aliphatic carbocycles. The molecule has 0 saturated heterocycles. The standard InChI is InChI=1S/C13H17ClO3/c1-8(9(2)15)12(13(16)17)7-10-4-3-5-11(14)6-10/h3-6,8-9,12,15H,7H2,1-2H3,(H,16,17). The van der Waals surface area contributed by atoms with Crippen molar-refractivity contribution in [1.82, 2.24) is 0 Å². The number of aliphatic hydroxyl groups excluding tert-OH is 1. The first-order valence-corrected chi connectivity index (χ1v) is 5.95. The predicted molar refractivity (Wildman–Crippen MR) is 67.1 cm³/mol. The second-order valence-corrected chi connectivity index (χ2v) is 4.81. The summed E-state index contributed by atoms with van der Waals surface area (Å²) in [6.07, 6.45) is -0.266. The second-order valence-electron chi connectivity index (χ2n) is 4.38. The van der Waals surface area contributed by atoms with Crippen LogP contribution in [0.15, 0.2) is 24.3 Å². The molecule has 0 heterocycles. The summed E-state index contributed by atoms with van der Waals surface area (Å²) >= 11 is 5.85. The lowest BCUT2D eigenvalue weighted by molar-refractivity contribution is -0.145. The van der Waals surface area contributed by atoms with Crippen molar-refractivity contribution in [2.24, 2.45) is 11.8 Å². The van der Waals surface area contributed by atoms with E-state index in [-0.39, 0.29) is 5.92 Å². The van der Waals surface area contributed by atoms with Crippen LogP contribution in [0.4, 0.5) is 0 Å². The van der Waals surface area contributed by atoms with Crippen LogP contribution in [0.2, 0.25) is 5.02 Å². The van der Waals surface area contributed by atoms with E-state index in [4.69, 9.17) is 11.6 Å². The minimum atomic E-state index is -0.890. The SMILES string of the molecule is CC(O)C(C)C(Cc1cccc(Cl)c1)C(=O)O. The smallest absolute Gasteiger partial charge is 0.307 e. The zero-order valence-corrected chi connectivity index (χ0v) is 10.7. The molecule has 0 aromatic heterocycles. The molecule has 4 heteroatoms. The molecule has 3 unspecified atom stereocenters. The number of rotatable bonds is 5. The van der Waals surface area contributed by atoms with Gasteiger partial charge in [0.05, 0.1) is 12.0 Å². The van der Waals surface area contributed by atoms with Gasteiger partial charge in [0.2, 0.25) is 0 Å². The Morgan fingerprint density at radius 1 is 1.41 bits per heavy atom. The Morgan fingerprint density at radius 3 is 2.53 bits per heavy atom. The molecule has 0 aliphatic rings. The zero-order chi connectivity index (χ0) is 13.0. The Labute approximate surface area is 106 Å². The van der Waals surface area contributed by atoms with Crippen LogP contribution in [0, 0.1) is 11.8 Å². The summed E-state index contributed by atoms with van der Waals surface area (Å²) in [6, 6.07) is 7.14. The third-order valence-corrected chi connectivity index (χ3v) is 3.29. The van der Waals surface area contributed by atoms with E-state index in [0.29, 0.717) is 11.4 Å². The van der Waals surface area contributed by atoms with Crippen molar-refractivity contribution in [2.75, 3.05) is 0 Å². The number of aliphatic hydroxyl groups is 1. The number of hydrogen-bond acceptors (Lipinski definition) is 2. The number of carbonyl (C=O) groups is 1. The molecule has 94 valence electrons. The Kier molecular flexibility index (Phi) is 4.97. The van der Waals surface area contributed by atoms with Crippen molar-refractivity contribution in [3.05, 3.63) is 34.9 Å². The Bertz CT molecular complexity index is 390. The Hall–Kier alpha value is -1.06. The van der Waals surface area contributed by atoms with Gasteiger partial charge in [0, 0.05) is 5.02 Å². The fraction of sp³-hybridized carbons (Fsp3) is 0.462. The summed E-state index contributed by atoms with van der Waals surface area (Å²) in [5.41, 5.74) is 0.873. The van der Waals surface area contributed by atoms with Crippen LogP contribution in [0.1, 0.15) is 19.4 Å². The van der Waals surface area contributed by atoms with Gasteiger partial charge in [0.25, 0.3) is 0 Å². The molecule has 0 radical (unpaired) electrons. The fourth-order valence-corrected chi connectivity index (χ4v) is 1.97. The average Bonchev–Trinajstić information content (AvgIpc) is 2.24. The number of benzene rings is 1. The van der Waals surface area contributed by atoms with Crippen LogP contribution >= 0.6 is 11.6 Å². The highest BCUT2D eigenvalue weighted by Crippen LogP contribution is 2.22. The van der Waals surface area contributed by atoms with Crippen molar-refractivity contribution in [2.45, 2.75) is 26.4 Å². The van der Waals surface area contributed by atoms with Crippen LogP contribution in [-0.4, -0.2) is 22.3 Å². The Balaban J connectivity index is 2.84. The van der Waals surface area contributed by atoms with Gasteiger partial charge in [0.1, 0.15) is 0 Å². The van der Waals surface area contributed by atoms with Crippen LogP contribution in [0.25, 0.3) is 0 Å². The molecule has 17 heavy (non-hydrogen) atoms. The van der Waals surface area contributed by atoms with Gasteiger partial charge in [-0.3, -0.25) is 4.79 Å². The second kappa shape index (κ2) is 6.03. The molecule has 2 N–H and O–H groups in total. The van der Waals surface area contributed by atoms with E-state index in [1.54, 1.807) is 32.0 Å². The van der Waals surface area contributed by atoms with Crippen molar-refractivity contribution >= 4 is 17.6 Å².